The zero-order valence-corrected chi connectivity index (χ0v) is 15.0. The molecule has 0 aromatic heterocycles. The van der Waals surface area contributed by atoms with Crippen LogP contribution in [0.25, 0.3) is 0 Å². The van der Waals surface area contributed by atoms with Gasteiger partial charge in [-0.25, -0.2) is 21.6 Å². The zero-order chi connectivity index (χ0) is 19.6. The molecule has 1 saturated carbocycles. The van der Waals surface area contributed by atoms with Crippen LogP contribution in [0.4, 0.5) is 18.9 Å². The van der Waals surface area contributed by atoms with Gasteiger partial charge in [-0.05, 0) is 49.2 Å². The average Bonchev–Trinajstić information content (AvgIpc) is 3.15. The van der Waals surface area contributed by atoms with Crippen molar-refractivity contribution in [3.8, 4) is 0 Å². The molecule has 1 fully saturated rings. The molecule has 144 valence electrons. The number of sulfonamides is 1. The van der Waals surface area contributed by atoms with E-state index < -0.39 is 33.2 Å². The quantitative estimate of drug-likeness (QED) is 0.756. The molecular formula is C18H17F3N2O3S. The maximum absolute atomic E-state index is 13.7. The van der Waals surface area contributed by atoms with Crippen molar-refractivity contribution in [3.63, 3.8) is 0 Å². The van der Waals surface area contributed by atoms with E-state index in [-0.39, 0.29) is 16.8 Å². The minimum absolute atomic E-state index is 0.124. The summed E-state index contributed by atoms with van der Waals surface area (Å²) in [5.41, 5.74) is -0.420. The molecule has 3 rings (SSSR count). The minimum Gasteiger partial charge on any atom is -0.349 e. The van der Waals surface area contributed by atoms with Crippen LogP contribution in [-0.2, 0) is 10.0 Å². The molecule has 0 aliphatic heterocycles. The van der Waals surface area contributed by atoms with Crippen LogP contribution < -0.4 is 10.0 Å². The summed E-state index contributed by atoms with van der Waals surface area (Å²) in [6.45, 7) is 0. The number of benzene rings is 2. The number of nitrogens with one attached hydrogen (secondary N) is 2. The number of anilines is 1. The van der Waals surface area contributed by atoms with E-state index in [9.17, 15) is 26.4 Å². The van der Waals surface area contributed by atoms with Crippen LogP contribution in [-0.4, -0.2) is 20.4 Å². The van der Waals surface area contributed by atoms with Gasteiger partial charge in [0.05, 0.1) is 10.6 Å². The van der Waals surface area contributed by atoms with E-state index in [4.69, 9.17) is 0 Å². The topological polar surface area (TPSA) is 75.3 Å². The molecule has 27 heavy (non-hydrogen) atoms. The van der Waals surface area contributed by atoms with E-state index in [0.29, 0.717) is 11.6 Å². The molecule has 2 N–H and O–H groups in total. The van der Waals surface area contributed by atoms with Gasteiger partial charge in [0.15, 0.2) is 17.5 Å². The number of carbonyl (C=O) groups excluding carboxylic acids is 1. The molecule has 2 aromatic rings. The molecule has 1 aliphatic rings. The van der Waals surface area contributed by atoms with Gasteiger partial charge in [0.2, 0.25) is 0 Å². The van der Waals surface area contributed by atoms with Crippen molar-refractivity contribution in [3.05, 3.63) is 59.4 Å². The predicted octanol–water partition coefficient (Wildman–Crippen LogP) is 3.58. The van der Waals surface area contributed by atoms with Crippen LogP contribution in [0.15, 0.2) is 41.3 Å². The summed E-state index contributed by atoms with van der Waals surface area (Å²) in [6, 6.07) is 6.56. The highest BCUT2D eigenvalue weighted by Crippen LogP contribution is 2.23. The van der Waals surface area contributed by atoms with Gasteiger partial charge in [-0.2, -0.15) is 0 Å². The van der Waals surface area contributed by atoms with E-state index in [0.717, 1.165) is 31.7 Å². The molecule has 0 spiro atoms. The highest BCUT2D eigenvalue weighted by atomic mass is 32.2. The normalized spacial score (nSPS) is 14.9. The first-order chi connectivity index (χ1) is 12.8. The number of hydrogen-bond acceptors (Lipinski definition) is 3. The van der Waals surface area contributed by atoms with Crippen LogP contribution in [0, 0.1) is 17.5 Å². The Morgan fingerprint density at radius 3 is 2.19 bits per heavy atom. The third kappa shape index (κ3) is 4.24. The van der Waals surface area contributed by atoms with E-state index in [1.165, 1.54) is 24.3 Å². The summed E-state index contributed by atoms with van der Waals surface area (Å²) < 4.78 is 66.4. The Kier molecular flexibility index (Phi) is 5.41. The summed E-state index contributed by atoms with van der Waals surface area (Å²) in [5.74, 6) is -5.13. The Bertz CT molecular complexity index is 957. The van der Waals surface area contributed by atoms with Crippen molar-refractivity contribution in [2.75, 3.05) is 4.72 Å². The molecule has 0 unspecified atom stereocenters. The summed E-state index contributed by atoms with van der Waals surface area (Å²) in [6.07, 6.45) is 3.96. The third-order valence-corrected chi connectivity index (χ3v) is 5.78. The van der Waals surface area contributed by atoms with Crippen LogP contribution in [0.1, 0.15) is 36.0 Å². The number of rotatable bonds is 5. The highest BCUT2D eigenvalue weighted by Gasteiger charge is 2.21. The van der Waals surface area contributed by atoms with Gasteiger partial charge < -0.3 is 5.32 Å². The van der Waals surface area contributed by atoms with E-state index >= 15 is 0 Å². The highest BCUT2D eigenvalue weighted by molar-refractivity contribution is 7.92. The van der Waals surface area contributed by atoms with Gasteiger partial charge in [0, 0.05) is 11.6 Å². The van der Waals surface area contributed by atoms with Crippen molar-refractivity contribution in [1.29, 1.82) is 0 Å². The monoisotopic (exact) mass is 398 g/mol. The average molecular weight is 398 g/mol. The largest absolute Gasteiger partial charge is 0.349 e. The third-order valence-electron chi connectivity index (χ3n) is 4.40. The summed E-state index contributed by atoms with van der Waals surface area (Å²) in [7, 11) is -4.24. The Balaban J connectivity index is 1.75. The van der Waals surface area contributed by atoms with Crippen molar-refractivity contribution in [1.82, 2.24) is 5.32 Å². The fourth-order valence-electron chi connectivity index (χ4n) is 2.93. The number of halogens is 3. The van der Waals surface area contributed by atoms with Gasteiger partial charge in [-0.3, -0.25) is 9.52 Å². The van der Waals surface area contributed by atoms with Gasteiger partial charge in [0.25, 0.3) is 15.9 Å². The Morgan fingerprint density at radius 2 is 1.56 bits per heavy atom. The predicted molar refractivity (Wildman–Crippen MR) is 93.3 cm³/mol. The number of carbonyl (C=O) groups is 1. The van der Waals surface area contributed by atoms with Gasteiger partial charge in [-0.1, -0.05) is 12.8 Å². The Labute approximate surface area is 154 Å². The summed E-state index contributed by atoms with van der Waals surface area (Å²) in [4.78, 5) is 11.9. The first-order valence-corrected chi connectivity index (χ1v) is 9.83. The molecule has 2 aromatic carbocycles. The molecule has 0 bridgehead atoms. The first kappa shape index (κ1) is 19.2. The van der Waals surface area contributed by atoms with Gasteiger partial charge in [0.1, 0.15) is 0 Å². The lowest BCUT2D eigenvalue weighted by atomic mass is 10.2. The second-order valence-electron chi connectivity index (χ2n) is 6.31. The van der Waals surface area contributed by atoms with E-state index in [1.54, 1.807) is 0 Å². The van der Waals surface area contributed by atoms with Crippen LogP contribution in [0.3, 0.4) is 0 Å². The van der Waals surface area contributed by atoms with Crippen molar-refractivity contribution >= 4 is 21.6 Å². The smallest absolute Gasteiger partial charge is 0.261 e. The number of hydrogen-bond donors (Lipinski definition) is 2. The molecule has 1 aliphatic carbocycles. The standard InChI is InChI=1S/C18H17F3N2O3S/c19-14-9-10-15(17(21)16(14)20)23-27(25,26)13-7-5-11(6-8-13)18(24)22-12-3-1-2-4-12/h5-10,12,23H,1-4H2,(H,22,24). The van der Waals surface area contributed by atoms with E-state index in [2.05, 4.69) is 5.32 Å². The second kappa shape index (κ2) is 7.59. The van der Waals surface area contributed by atoms with Crippen molar-refractivity contribution in [2.24, 2.45) is 0 Å². The SMILES string of the molecule is O=C(NC1CCCC1)c1ccc(S(=O)(=O)Nc2ccc(F)c(F)c2F)cc1. The Morgan fingerprint density at radius 1 is 0.926 bits per heavy atom. The van der Waals surface area contributed by atoms with Gasteiger partial charge >= 0.3 is 0 Å². The minimum atomic E-state index is -4.24. The van der Waals surface area contributed by atoms with Crippen molar-refractivity contribution in [2.45, 2.75) is 36.6 Å². The summed E-state index contributed by atoms with van der Waals surface area (Å²) in [5, 5.41) is 2.88. The Hall–Kier alpha value is -2.55. The zero-order valence-electron chi connectivity index (χ0n) is 14.1. The van der Waals surface area contributed by atoms with Crippen LogP contribution in [0.2, 0.25) is 0 Å². The maximum atomic E-state index is 13.7. The molecule has 9 heteroatoms. The van der Waals surface area contributed by atoms with Gasteiger partial charge in [-0.15, -0.1) is 0 Å². The second-order valence-corrected chi connectivity index (χ2v) is 7.99. The molecule has 0 saturated heterocycles. The molecule has 1 amide bonds. The fraction of sp³-hybridized carbons (Fsp3) is 0.278. The van der Waals surface area contributed by atoms with Crippen LogP contribution >= 0.6 is 0 Å². The lowest BCUT2D eigenvalue weighted by Crippen LogP contribution is -2.32. The molecule has 5 nitrogen and oxygen atoms in total. The molecule has 0 radical (unpaired) electrons. The lowest BCUT2D eigenvalue weighted by molar-refractivity contribution is 0.0937. The first-order valence-electron chi connectivity index (χ1n) is 8.35. The molecule has 0 heterocycles. The van der Waals surface area contributed by atoms with E-state index in [1.807, 2.05) is 4.72 Å². The molecule has 0 atom stereocenters. The summed E-state index contributed by atoms with van der Waals surface area (Å²) >= 11 is 0. The number of amides is 1. The maximum Gasteiger partial charge on any atom is 0.261 e. The van der Waals surface area contributed by atoms with Crippen molar-refractivity contribution < 1.29 is 26.4 Å². The van der Waals surface area contributed by atoms with Crippen LogP contribution in [0.5, 0.6) is 0 Å². The fourth-order valence-corrected chi connectivity index (χ4v) is 3.99. The lowest BCUT2D eigenvalue weighted by Gasteiger charge is -2.13. The molecular weight excluding hydrogens is 381 g/mol.